The maximum Gasteiger partial charge on any atom is 0.308 e. The molecule has 0 saturated heterocycles. The third kappa shape index (κ3) is 20.4. The lowest BCUT2D eigenvalue weighted by Crippen LogP contribution is -2.51. The third-order valence-electron chi connectivity index (χ3n) is 5.28. The minimum Gasteiger partial charge on any atom is -0.460 e. The molecule has 1 aliphatic rings. The van der Waals surface area contributed by atoms with E-state index in [1.165, 1.54) is 31.6 Å². The zero-order chi connectivity index (χ0) is 33.0. The van der Waals surface area contributed by atoms with Crippen molar-refractivity contribution in [3.63, 3.8) is 0 Å². The van der Waals surface area contributed by atoms with Gasteiger partial charge in [0.2, 0.25) is 11.8 Å². The van der Waals surface area contributed by atoms with Crippen molar-refractivity contribution in [1.82, 2.24) is 10.0 Å². The standard InChI is InChI=1S/C30H50N4O6S4/c1-29(2,3)39-27(37)13-19-33(25(35)15-22-42-41-21-11-7-9-17-31)34(20-14-28(38)40-30(4,5)6)26(36)16-23-43-44-24-12-8-10-18-32-24/h7-8,11-12H,9-10,13-23,31H2,1-6H3/b11-7-. The number of nitrogens with zero attached hydrogens (tertiary/aromatic N) is 3. The van der Waals surface area contributed by atoms with Crippen LogP contribution in [0, 0.1) is 0 Å². The fourth-order valence-corrected chi connectivity index (χ4v) is 7.29. The van der Waals surface area contributed by atoms with E-state index in [-0.39, 0.29) is 50.6 Å². The van der Waals surface area contributed by atoms with Gasteiger partial charge in [-0.15, -0.1) is 0 Å². The van der Waals surface area contributed by atoms with Gasteiger partial charge in [-0.25, -0.2) is 0 Å². The molecule has 1 rings (SSSR count). The highest BCUT2D eigenvalue weighted by atomic mass is 33.1. The van der Waals surface area contributed by atoms with E-state index in [2.05, 4.69) is 11.1 Å². The average molecular weight is 691 g/mol. The minimum absolute atomic E-state index is 0.0447. The topological polar surface area (TPSA) is 132 Å². The molecule has 250 valence electrons. The molecule has 0 atom stereocenters. The quantitative estimate of drug-likeness (QED) is 0.0613. The number of carbonyl (C=O) groups is 4. The minimum atomic E-state index is -0.684. The number of hydrazine groups is 1. The van der Waals surface area contributed by atoms with Crippen LogP contribution in [0.5, 0.6) is 0 Å². The summed E-state index contributed by atoms with van der Waals surface area (Å²) in [5.74, 6) is 0.229. The van der Waals surface area contributed by atoms with Crippen LogP contribution in [-0.2, 0) is 28.7 Å². The second-order valence-electron chi connectivity index (χ2n) is 11.7. The molecule has 2 N–H and O–H groups in total. The van der Waals surface area contributed by atoms with Crippen LogP contribution in [0.3, 0.4) is 0 Å². The number of hydrogen-bond donors (Lipinski definition) is 1. The summed E-state index contributed by atoms with van der Waals surface area (Å²) in [5.41, 5.74) is 4.14. The van der Waals surface area contributed by atoms with Gasteiger partial charge in [0.25, 0.3) is 0 Å². The summed E-state index contributed by atoms with van der Waals surface area (Å²) in [6, 6.07) is 0. The molecule has 0 aromatic rings. The first kappa shape index (κ1) is 40.4. The maximum atomic E-state index is 13.6. The van der Waals surface area contributed by atoms with Crippen LogP contribution < -0.4 is 5.73 Å². The summed E-state index contributed by atoms with van der Waals surface area (Å²) in [6.07, 6.45) is 9.98. The molecular formula is C30H50N4O6S4. The number of esters is 2. The molecule has 0 saturated carbocycles. The smallest absolute Gasteiger partial charge is 0.308 e. The SMILES string of the molecule is CC(C)(C)OC(=O)CCN(C(=O)CCSSC/C=C\CCN)N(CCC(=O)OC(C)(C)C)C(=O)CCSSC1=NCCC=C1. The molecule has 1 aliphatic heterocycles. The summed E-state index contributed by atoms with van der Waals surface area (Å²) in [7, 11) is 6.20. The summed E-state index contributed by atoms with van der Waals surface area (Å²) in [4.78, 5) is 56.8. The Kier molecular flexibility index (Phi) is 20.2. The molecule has 0 radical (unpaired) electrons. The van der Waals surface area contributed by atoms with Crippen LogP contribution in [0.4, 0.5) is 0 Å². The maximum absolute atomic E-state index is 13.6. The molecule has 0 spiro atoms. The monoisotopic (exact) mass is 690 g/mol. The fraction of sp³-hybridized carbons (Fsp3) is 0.700. The first-order chi connectivity index (χ1) is 20.7. The Balaban J connectivity index is 3.00. The first-order valence-corrected chi connectivity index (χ1v) is 19.7. The van der Waals surface area contributed by atoms with Crippen molar-refractivity contribution in [1.29, 1.82) is 0 Å². The van der Waals surface area contributed by atoms with Gasteiger partial charge in [-0.1, -0.05) is 50.6 Å². The molecular weight excluding hydrogens is 641 g/mol. The van der Waals surface area contributed by atoms with E-state index < -0.39 is 23.1 Å². The molecule has 14 heteroatoms. The molecule has 0 aliphatic carbocycles. The normalized spacial score (nSPS) is 13.5. The van der Waals surface area contributed by atoms with Gasteiger partial charge < -0.3 is 15.2 Å². The number of aliphatic imine (C=N–C) groups is 1. The lowest BCUT2D eigenvalue weighted by Gasteiger charge is -2.35. The highest BCUT2D eigenvalue weighted by Crippen LogP contribution is 2.27. The second-order valence-corrected chi connectivity index (χ2v) is 16.7. The van der Waals surface area contributed by atoms with E-state index in [1.54, 1.807) is 63.1 Å². The Hall–Kier alpha value is -1.61. The van der Waals surface area contributed by atoms with E-state index in [0.717, 1.165) is 30.2 Å². The zero-order valence-corrected chi connectivity index (χ0v) is 30.3. The number of ether oxygens (including phenoxy) is 2. The van der Waals surface area contributed by atoms with Crippen LogP contribution in [-0.4, -0.2) is 93.5 Å². The van der Waals surface area contributed by atoms with Crippen LogP contribution >= 0.6 is 43.2 Å². The first-order valence-electron chi connectivity index (χ1n) is 14.9. The van der Waals surface area contributed by atoms with Gasteiger partial charge in [0, 0.05) is 36.6 Å². The molecule has 0 fully saturated rings. The third-order valence-corrected chi connectivity index (χ3v) is 9.84. The number of amides is 2. The van der Waals surface area contributed by atoms with Gasteiger partial charge in [0.05, 0.1) is 25.9 Å². The predicted molar refractivity (Wildman–Crippen MR) is 187 cm³/mol. The Morgan fingerprint density at radius 3 is 1.86 bits per heavy atom. The predicted octanol–water partition coefficient (Wildman–Crippen LogP) is 5.83. The molecule has 44 heavy (non-hydrogen) atoms. The van der Waals surface area contributed by atoms with E-state index in [1.807, 2.05) is 18.2 Å². The van der Waals surface area contributed by atoms with Gasteiger partial charge >= 0.3 is 11.9 Å². The van der Waals surface area contributed by atoms with Gasteiger partial charge in [-0.2, -0.15) is 0 Å². The highest BCUT2D eigenvalue weighted by Gasteiger charge is 2.29. The van der Waals surface area contributed by atoms with E-state index >= 15 is 0 Å². The molecule has 0 unspecified atom stereocenters. The number of rotatable bonds is 18. The highest BCUT2D eigenvalue weighted by molar-refractivity contribution is 8.82. The summed E-state index contributed by atoms with van der Waals surface area (Å²) >= 11 is 0. The van der Waals surface area contributed by atoms with Gasteiger partial charge in [-0.05, 0) is 77.8 Å². The van der Waals surface area contributed by atoms with Crippen molar-refractivity contribution >= 4 is 72.0 Å². The van der Waals surface area contributed by atoms with Crippen LogP contribution in [0.2, 0.25) is 0 Å². The number of dihydropyridines is 1. The zero-order valence-electron chi connectivity index (χ0n) is 27.0. The van der Waals surface area contributed by atoms with Crippen molar-refractivity contribution in [3.8, 4) is 0 Å². The van der Waals surface area contributed by atoms with Crippen molar-refractivity contribution in [2.24, 2.45) is 10.7 Å². The number of carbonyl (C=O) groups excluding carboxylic acids is 4. The molecule has 2 amide bonds. The lowest BCUT2D eigenvalue weighted by atomic mass is 10.2. The lowest BCUT2D eigenvalue weighted by molar-refractivity contribution is -0.170. The van der Waals surface area contributed by atoms with Crippen molar-refractivity contribution in [3.05, 3.63) is 24.3 Å². The average Bonchev–Trinajstić information content (AvgIpc) is 2.92. The van der Waals surface area contributed by atoms with E-state index in [4.69, 9.17) is 15.2 Å². The number of hydrogen-bond acceptors (Lipinski definition) is 12. The van der Waals surface area contributed by atoms with Crippen molar-refractivity contribution < 1.29 is 28.7 Å². The van der Waals surface area contributed by atoms with Gasteiger partial charge in [0.15, 0.2) is 0 Å². The number of nitrogens with two attached hydrogens (primary N) is 1. The Morgan fingerprint density at radius 2 is 1.39 bits per heavy atom. The van der Waals surface area contributed by atoms with Crippen molar-refractivity contribution in [2.45, 2.75) is 91.3 Å². The molecule has 1 heterocycles. The second kappa shape index (κ2) is 22.0. The van der Waals surface area contributed by atoms with Crippen molar-refractivity contribution in [2.75, 3.05) is 43.4 Å². The van der Waals surface area contributed by atoms with E-state index in [9.17, 15) is 19.2 Å². The summed E-state index contributed by atoms with van der Waals surface area (Å²) < 4.78 is 10.9. The summed E-state index contributed by atoms with van der Waals surface area (Å²) in [6.45, 7) is 11.9. The van der Waals surface area contributed by atoms with Gasteiger partial charge in [-0.3, -0.25) is 34.2 Å². The Bertz CT molecular complexity index is 1010. The van der Waals surface area contributed by atoms with Crippen LogP contribution in [0.25, 0.3) is 0 Å². The fourth-order valence-electron chi connectivity index (χ4n) is 3.53. The van der Waals surface area contributed by atoms with Crippen LogP contribution in [0.15, 0.2) is 29.3 Å². The van der Waals surface area contributed by atoms with Crippen LogP contribution in [0.1, 0.15) is 80.1 Å². The summed E-state index contributed by atoms with van der Waals surface area (Å²) in [5, 5.41) is 3.54. The Morgan fingerprint density at radius 1 is 0.841 bits per heavy atom. The largest absolute Gasteiger partial charge is 0.460 e. The molecule has 0 bridgehead atoms. The van der Waals surface area contributed by atoms with E-state index in [0.29, 0.717) is 18.1 Å². The van der Waals surface area contributed by atoms with Gasteiger partial charge in [0.1, 0.15) is 16.2 Å². The molecule has 10 nitrogen and oxygen atoms in total. The molecule has 0 aromatic heterocycles. The molecule has 0 aromatic carbocycles. The Labute approximate surface area is 279 Å².